The maximum Gasteiger partial charge on any atom is 0.200 e. The van der Waals surface area contributed by atoms with Gasteiger partial charge in [-0.25, -0.2) is 0 Å². The minimum Gasteiger partial charge on any atom is -0.455 e. The minimum absolute atomic E-state index is 0.0284. The van der Waals surface area contributed by atoms with Gasteiger partial charge in [-0.3, -0.25) is 4.79 Å². The Kier molecular flexibility index (Phi) is 2.30. The second kappa shape index (κ2) is 3.70. The summed E-state index contributed by atoms with van der Waals surface area (Å²) in [6, 6.07) is 11.1. The van der Waals surface area contributed by atoms with Crippen molar-refractivity contribution < 1.29 is 4.42 Å². The van der Waals surface area contributed by atoms with Crippen LogP contribution in [0, 0.1) is 6.92 Å². The van der Waals surface area contributed by atoms with Gasteiger partial charge >= 0.3 is 0 Å². The number of para-hydroxylation sites is 1. The highest BCUT2D eigenvalue weighted by Gasteiger charge is 2.11. The molecule has 0 saturated carbocycles. The fourth-order valence-electron chi connectivity index (χ4n) is 2.03. The molecule has 0 radical (unpaired) electrons. The molecule has 3 rings (SSSR count). The molecule has 0 amide bonds. The normalized spacial score (nSPS) is 11.2. The Morgan fingerprint density at radius 1 is 1.12 bits per heavy atom. The Morgan fingerprint density at radius 3 is 2.71 bits per heavy atom. The molecule has 0 unspecified atom stereocenters. The molecule has 84 valence electrons. The summed E-state index contributed by atoms with van der Waals surface area (Å²) in [4.78, 5) is 12.4. The lowest BCUT2D eigenvalue weighted by Crippen LogP contribution is -2.03. The van der Waals surface area contributed by atoms with Gasteiger partial charge < -0.3 is 4.42 Å². The Balaban J connectivity index is 2.69. The zero-order valence-electron chi connectivity index (χ0n) is 9.16. The lowest BCUT2D eigenvalue weighted by Gasteiger charge is -2.05. The summed E-state index contributed by atoms with van der Waals surface area (Å²) in [5, 5.41) is 1.28. The van der Waals surface area contributed by atoms with E-state index in [1.807, 2.05) is 37.3 Å². The predicted octanol–water partition coefficient (Wildman–Crippen LogP) is 4.02. The fourth-order valence-corrected chi connectivity index (χ4v) is 2.44. The van der Waals surface area contributed by atoms with Crippen LogP contribution in [0.3, 0.4) is 0 Å². The first-order valence-corrected chi connectivity index (χ1v) is 6.08. The van der Waals surface area contributed by atoms with E-state index in [0.29, 0.717) is 21.9 Å². The second-order valence-electron chi connectivity index (χ2n) is 4.00. The molecule has 0 fully saturated rings. The Bertz CT molecular complexity index is 787. The maximum atomic E-state index is 12.4. The van der Waals surface area contributed by atoms with Crippen LogP contribution in [-0.2, 0) is 0 Å². The fraction of sp³-hybridized carbons (Fsp3) is 0.0714. The zero-order chi connectivity index (χ0) is 12.0. The topological polar surface area (TPSA) is 30.2 Å². The number of fused-ring (bicyclic) bond motifs is 2. The SMILES string of the molecule is Cc1ccc(Br)c2oc3ccccc3c(=O)c12. The standard InChI is InChI=1S/C14H9BrO2/c1-8-6-7-10(15)14-12(8)13(16)9-4-2-3-5-11(9)17-14/h2-7H,1H3. The van der Waals surface area contributed by atoms with Crippen LogP contribution >= 0.6 is 15.9 Å². The van der Waals surface area contributed by atoms with Crippen LogP contribution in [0.25, 0.3) is 21.9 Å². The van der Waals surface area contributed by atoms with Crippen molar-refractivity contribution in [1.29, 1.82) is 0 Å². The van der Waals surface area contributed by atoms with E-state index in [1.165, 1.54) is 0 Å². The summed E-state index contributed by atoms with van der Waals surface area (Å²) >= 11 is 3.42. The van der Waals surface area contributed by atoms with Crippen LogP contribution in [0.5, 0.6) is 0 Å². The van der Waals surface area contributed by atoms with E-state index in [2.05, 4.69) is 15.9 Å². The Hall–Kier alpha value is -1.61. The highest BCUT2D eigenvalue weighted by Crippen LogP contribution is 2.27. The van der Waals surface area contributed by atoms with Crippen molar-refractivity contribution in [3.05, 3.63) is 56.7 Å². The monoisotopic (exact) mass is 288 g/mol. The summed E-state index contributed by atoms with van der Waals surface area (Å²) < 4.78 is 6.60. The molecule has 2 nitrogen and oxygen atoms in total. The molecular formula is C14H9BrO2. The van der Waals surface area contributed by atoms with Crippen molar-refractivity contribution in [2.45, 2.75) is 6.92 Å². The van der Waals surface area contributed by atoms with Gasteiger partial charge in [0, 0.05) is 0 Å². The van der Waals surface area contributed by atoms with Gasteiger partial charge in [0.05, 0.1) is 15.2 Å². The second-order valence-corrected chi connectivity index (χ2v) is 4.85. The number of aryl methyl sites for hydroxylation is 1. The summed E-state index contributed by atoms with van der Waals surface area (Å²) in [6.45, 7) is 1.92. The summed E-state index contributed by atoms with van der Waals surface area (Å²) in [5.41, 5.74) is 2.20. The van der Waals surface area contributed by atoms with Gasteiger partial charge in [-0.05, 0) is 46.6 Å². The van der Waals surface area contributed by atoms with E-state index in [4.69, 9.17) is 4.42 Å². The molecule has 0 aliphatic carbocycles. The van der Waals surface area contributed by atoms with Crippen molar-refractivity contribution in [3.8, 4) is 0 Å². The van der Waals surface area contributed by atoms with Crippen LogP contribution in [0.1, 0.15) is 5.56 Å². The van der Waals surface area contributed by atoms with Crippen molar-refractivity contribution >= 4 is 37.9 Å². The van der Waals surface area contributed by atoms with E-state index in [9.17, 15) is 4.79 Å². The van der Waals surface area contributed by atoms with E-state index in [0.717, 1.165) is 10.0 Å². The molecule has 17 heavy (non-hydrogen) atoms. The van der Waals surface area contributed by atoms with Crippen molar-refractivity contribution in [2.75, 3.05) is 0 Å². The first-order valence-electron chi connectivity index (χ1n) is 5.29. The van der Waals surface area contributed by atoms with Gasteiger partial charge in [-0.1, -0.05) is 18.2 Å². The number of halogens is 1. The third kappa shape index (κ3) is 1.50. The van der Waals surface area contributed by atoms with E-state index < -0.39 is 0 Å². The van der Waals surface area contributed by atoms with Crippen LogP contribution in [0.4, 0.5) is 0 Å². The molecule has 0 spiro atoms. The number of rotatable bonds is 0. The average Bonchev–Trinajstić information content (AvgIpc) is 2.34. The molecule has 0 bridgehead atoms. The molecule has 0 N–H and O–H groups in total. The van der Waals surface area contributed by atoms with Gasteiger partial charge in [-0.15, -0.1) is 0 Å². The third-order valence-corrected chi connectivity index (χ3v) is 3.51. The van der Waals surface area contributed by atoms with Crippen molar-refractivity contribution in [3.63, 3.8) is 0 Å². The first-order chi connectivity index (χ1) is 8.18. The highest BCUT2D eigenvalue weighted by molar-refractivity contribution is 9.10. The summed E-state index contributed by atoms with van der Waals surface area (Å²) in [5.74, 6) is 0. The number of hydrogen-bond donors (Lipinski definition) is 0. The van der Waals surface area contributed by atoms with Crippen LogP contribution in [-0.4, -0.2) is 0 Å². The number of hydrogen-bond acceptors (Lipinski definition) is 2. The molecule has 1 aromatic heterocycles. The minimum atomic E-state index is 0.0284. The lowest BCUT2D eigenvalue weighted by atomic mass is 10.1. The molecule has 3 heteroatoms. The largest absolute Gasteiger partial charge is 0.455 e. The number of benzene rings is 2. The van der Waals surface area contributed by atoms with Gasteiger partial charge in [0.25, 0.3) is 0 Å². The van der Waals surface area contributed by atoms with Crippen LogP contribution < -0.4 is 5.43 Å². The molecule has 0 saturated heterocycles. The zero-order valence-corrected chi connectivity index (χ0v) is 10.7. The first kappa shape index (κ1) is 10.5. The van der Waals surface area contributed by atoms with Crippen molar-refractivity contribution in [1.82, 2.24) is 0 Å². The molecule has 0 aliphatic rings. The average molecular weight is 289 g/mol. The molecule has 2 aromatic carbocycles. The Labute approximate surface area is 106 Å². The predicted molar refractivity (Wildman–Crippen MR) is 72.4 cm³/mol. The molecule has 1 heterocycles. The van der Waals surface area contributed by atoms with Gasteiger partial charge in [0.2, 0.25) is 5.43 Å². The molecule has 3 aromatic rings. The molecule has 0 atom stereocenters. The van der Waals surface area contributed by atoms with E-state index in [-0.39, 0.29) is 5.43 Å². The third-order valence-electron chi connectivity index (χ3n) is 2.89. The molecular weight excluding hydrogens is 280 g/mol. The quantitative estimate of drug-likeness (QED) is 0.585. The Morgan fingerprint density at radius 2 is 1.88 bits per heavy atom. The summed E-state index contributed by atoms with van der Waals surface area (Å²) in [7, 11) is 0. The lowest BCUT2D eigenvalue weighted by molar-refractivity contribution is 0.657. The van der Waals surface area contributed by atoms with E-state index in [1.54, 1.807) is 6.07 Å². The van der Waals surface area contributed by atoms with E-state index >= 15 is 0 Å². The maximum absolute atomic E-state index is 12.4. The smallest absolute Gasteiger partial charge is 0.200 e. The van der Waals surface area contributed by atoms with Crippen LogP contribution in [0.15, 0.2) is 50.1 Å². The summed E-state index contributed by atoms with van der Waals surface area (Å²) in [6.07, 6.45) is 0. The van der Waals surface area contributed by atoms with Crippen LogP contribution in [0.2, 0.25) is 0 Å². The molecule has 0 aliphatic heterocycles. The van der Waals surface area contributed by atoms with Crippen molar-refractivity contribution in [2.24, 2.45) is 0 Å². The van der Waals surface area contributed by atoms with Gasteiger partial charge in [-0.2, -0.15) is 0 Å². The van der Waals surface area contributed by atoms with Gasteiger partial charge in [0.15, 0.2) is 5.58 Å². The van der Waals surface area contributed by atoms with Gasteiger partial charge in [0.1, 0.15) is 5.58 Å². The highest BCUT2D eigenvalue weighted by atomic mass is 79.9.